The van der Waals surface area contributed by atoms with Crippen molar-refractivity contribution in [2.24, 2.45) is 0 Å². The van der Waals surface area contributed by atoms with Crippen LogP contribution in [0.5, 0.6) is 0 Å². The van der Waals surface area contributed by atoms with E-state index in [1.165, 1.54) is 33.4 Å². The van der Waals surface area contributed by atoms with Crippen molar-refractivity contribution in [2.45, 2.75) is 0 Å². The largest absolute Gasteiger partial charge is 0.240 e. The molecule has 0 aliphatic rings. The number of hydrogen-bond donors (Lipinski definition) is 0. The van der Waals surface area contributed by atoms with Crippen LogP contribution in [0, 0.1) is 0 Å². The van der Waals surface area contributed by atoms with Crippen LogP contribution in [0.4, 0.5) is 0 Å². The molecule has 12 aromatic rings. The van der Waals surface area contributed by atoms with Gasteiger partial charge >= 0.3 is 0 Å². The predicted molar refractivity (Wildman–Crippen MR) is 282 cm³/mol. The highest BCUT2D eigenvalue weighted by Crippen LogP contribution is 2.58. The quantitative estimate of drug-likeness (QED) is 0.132. The summed E-state index contributed by atoms with van der Waals surface area (Å²) in [4.78, 5) is 0. The average Bonchev–Trinajstić information content (AvgIpc) is 3.96. The normalized spacial score (nSPS) is 11.3. The van der Waals surface area contributed by atoms with E-state index in [9.17, 15) is 0 Å². The first-order valence-corrected chi connectivity index (χ1v) is 23.0. The maximum absolute atomic E-state index is 5.24. The van der Waals surface area contributed by atoms with Crippen LogP contribution in [-0.2, 0) is 0 Å². The van der Waals surface area contributed by atoms with Crippen LogP contribution in [0.1, 0.15) is 0 Å². The second kappa shape index (κ2) is 17.3. The summed E-state index contributed by atoms with van der Waals surface area (Å²) in [5, 5.41) is 9.78. The molecule has 1 heterocycles. The summed E-state index contributed by atoms with van der Waals surface area (Å²) in [5.74, 6) is 0. The molecule has 0 N–H and O–H groups in total. The van der Waals surface area contributed by atoms with Gasteiger partial charge in [-0.05, 0) is 101 Å². The van der Waals surface area contributed by atoms with Crippen LogP contribution >= 0.6 is 0 Å². The zero-order chi connectivity index (χ0) is 44.5. The van der Waals surface area contributed by atoms with Gasteiger partial charge in [-0.1, -0.05) is 243 Å². The third-order valence-electron chi connectivity index (χ3n) is 13.1. The van der Waals surface area contributed by atoms with E-state index in [4.69, 9.17) is 5.10 Å². The molecule has 0 unspecified atom stereocenters. The van der Waals surface area contributed by atoms with E-state index in [1.807, 2.05) is 6.20 Å². The van der Waals surface area contributed by atoms with Crippen molar-refractivity contribution in [3.63, 3.8) is 0 Å². The zero-order valence-electron chi connectivity index (χ0n) is 36.8. The maximum Gasteiger partial charge on any atom is 0.0815 e. The lowest BCUT2D eigenvalue weighted by molar-refractivity contribution is 0.895. The molecule has 2 heteroatoms. The van der Waals surface area contributed by atoms with Gasteiger partial charge in [0.1, 0.15) is 0 Å². The van der Waals surface area contributed by atoms with Crippen LogP contribution in [0.25, 0.3) is 116 Å². The molecule has 12 rings (SSSR count). The molecule has 0 fully saturated rings. The van der Waals surface area contributed by atoms with Gasteiger partial charge in [0, 0.05) is 34.3 Å². The summed E-state index contributed by atoms with van der Waals surface area (Å²) in [7, 11) is 0. The van der Waals surface area contributed by atoms with E-state index in [1.54, 1.807) is 0 Å². The monoisotopic (exact) mass is 852 g/mol. The van der Waals surface area contributed by atoms with Gasteiger partial charge in [0.05, 0.1) is 5.69 Å². The fourth-order valence-corrected chi connectivity index (χ4v) is 10.4. The summed E-state index contributed by atoms with van der Waals surface area (Å²) in [6.07, 6.45) is 4.04. The molecule has 0 radical (unpaired) electrons. The van der Waals surface area contributed by atoms with Crippen molar-refractivity contribution >= 4 is 21.5 Å². The minimum absolute atomic E-state index is 1.03. The Balaban J connectivity index is 1.48. The van der Waals surface area contributed by atoms with Crippen LogP contribution in [-0.4, -0.2) is 9.78 Å². The Labute approximate surface area is 391 Å². The SMILES string of the molecule is c1ccc(-c2c(-c3ccccc3)c(-c3ccccc3)c3c(-n4cccn4)c4c(-c5ccccc5)c(-c5ccccc5)c(-c5ccccc5)c(-c5ccccc5)c4cc3c2-c2ccccc2)cc1. The Bertz CT molecular complexity index is 3420. The molecule has 0 saturated carbocycles. The number of hydrogen-bond acceptors (Lipinski definition) is 1. The summed E-state index contributed by atoms with van der Waals surface area (Å²) in [6, 6.07) is 92.5. The fraction of sp³-hybridized carbons (Fsp3) is 0. The van der Waals surface area contributed by atoms with Gasteiger partial charge in [-0.25, -0.2) is 4.68 Å². The zero-order valence-corrected chi connectivity index (χ0v) is 36.8. The standard InChI is InChI=1S/C65H44N2/c1-9-26-45(27-10-1)55-53-44-54-56(46-28-11-2-12-29-46)58(48-32-15-4-16-33-48)60(50-36-19-6-20-37-50)62(52-40-23-8-24-41-52)64(54)65(67-43-25-42-66-67)63(53)61(51-38-21-7-22-39-51)59(49-34-17-5-18-35-49)57(55)47-30-13-3-14-31-47/h1-44H. The second-order valence-electron chi connectivity index (χ2n) is 16.9. The molecule has 0 aliphatic carbocycles. The molecule has 11 aromatic carbocycles. The van der Waals surface area contributed by atoms with Crippen molar-refractivity contribution < 1.29 is 0 Å². The summed E-state index contributed by atoms with van der Waals surface area (Å²) >= 11 is 0. The van der Waals surface area contributed by atoms with E-state index >= 15 is 0 Å². The van der Waals surface area contributed by atoms with Crippen LogP contribution in [0.2, 0.25) is 0 Å². The molecule has 0 aliphatic heterocycles. The Morgan fingerprint density at radius 2 is 0.478 bits per heavy atom. The van der Waals surface area contributed by atoms with Crippen LogP contribution in [0.3, 0.4) is 0 Å². The molecule has 0 spiro atoms. The van der Waals surface area contributed by atoms with Crippen molar-refractivity contribution in [1.82, 2.24) is 9.78 Å². The third-order valence-corrected chi connectivity index (χ3v) is 13.1. The predicted octanol–water partition coefficient (Wildman–Crippen LogP) is 17.5. The average molecular weight is 853 g/mol. The lowest BCUT2D eigenvalue weighted by Crippen LogP contribution is -2.06. The lowest BCUT2D eigenvalue weighted by Gasteiger charge is -2.29. The van der Waals surface area contributed by atoms with Gasteiger partial charge < -0.3 is 0 Å². The highest BCUT2D eigenvalue weighted by Gasteiger charge is 2.32. The maximum atomic E-state index is 5.24. The third kappa shape index (κ3) is 6.95. The molecular weight excluding hydrogens is 809 g/mol. The van der Waals surface area contributed by atoms with E-state index in [0.717, 1.165) is 82.9 Å². The molecule has 0 amide bonds. The number of nitrogens with zero attached hydrogens (tertiary/aromatic N) is 2. The van der Waals surface area contributed by atoms with Gasteiger partial charge in [-0.2, -0.15) is 5.10 Å². The second-order valence-corrected chi connectivity index (χ2v) is 16.9. The van der Waals surface area contributed by atoms with E-state index in [0.29, 0.717) is 0 Å². The van der Waals surface area contributed by atoms with Crippen molar-refractivity contribution in [1.29, 1.82) is 0 Å². The summed E-state index contributed by atoms with van der Waals surface area (Å²) in [5.41, 5.74) is 19.5. The molecule has 314 valence electrons. The smallest absolute Gasteiger partial charge is 0.0815 e. The summed E-state index contributed by atoms with van der Waals surface area (Å²) < 4.78 is 2.14. The molecule has 2 nitrogen and oxygen atoms in total. The number of rotatable bonds is 9. The van der Waals surface area contributed by atoms with E-state index in [2.05, 4.69) is 266 Å². The minimum Gasteiger partial charge on any atom is -0.240 e. The first kappa shape index (κ1) is 39.7. The fourth-order valence-electron chi connectivity index (χ4n) is 10.4. The van der Waals surface area contributed by atoms with Crippen molar-refractivity contribution in [3.05, 3.63) is 267 Å². The first-order valence-electron chi connectivity index (χ1n) is 23.0. The number of benzene rings is 11. The molecule has 0 bridgehead atoms. The Hall–Kier alpha value is -8.85. The number of fused-ring (bicyclic) bond motifs is 2. The minimum atomic E-state index is 1.03. The van der Waals surface area contributed by atoms with Gasteiger partial charge in [0.15, 0.2) is 0 Å². The van der Waals surface area contributed by atoms with E-state index in [-0.39, 0.29) is 0 Å². The van der Waals surface area contributed by atoms with Crippen molar-refractivity contribution in [2.75, 3.05) is 0 Å². The van der Waals surface area contributed by atoms with Crippen molar-refractivity contribution in [3.8, 4) is 94.7 Å². The van der Waals surface area contributed by atoms with Gasteiger partial charge in [0.2, 0.25) is 0 Å². The molecule has 0 atom stereocenters. The first-order chi connectivity index (χ1) is 33.3. The van der Waals surface area contributed by atoms with Gasteiger partial charge in [0.25, 0.3) is 0 Å². The Morgan fingerprint density at radius 1 is 0.239 bits per heavy atom. The van der Waals surface area contributed by atoms with Crippen LogP contribution < -0.4 is 0 Å². The Morgan fingerprint density at radius 3 is 0.731 bits per heavy atom. The highest BCUT2D eigenvalue weighted by atomic mass is 15.3. The van der Waals surface area contributed by atoms with Gasteiger partial charge in [-0.3, -0.25) is 0 Å². The highest BCUT2D eigenvalue weighted by molar-refractivity contribution is 6.30. The Kier molecular flexibility index (Phi) is 10.2. The molecular formula is C65H44N2. The van der Waals surface area contributed by atoms with Gasteiger partial charge in [-0.15, -0.1) is 0 Å². The molecule has 67 heavy (non-hydrogen) atoms. The topological polar surface area (TPSA) is 17.8 Å². The van der Waals surface area contributed by atoms with Crippen LogP contribution in [0.15, 0.2) is 267 Å². The van der Waals surface area contributed by atoms with E-state index < -0.39 is 0 Å². The molecule has 1 aromatic heterocycles. The lowest BCUT2D eigenvalue weighted by atomic mass is 9.74. The summed E-state index contributed by atoms with van der Waals surface area (Å²) in [6.45, 7) is 0. The number of aromatic nitrogens is 2. The molecule has 0 saturated heterocycles.